The Morgan fingerprint density at radius 3 is 2.55 bits per heavy atom. The molecule has 4 rings (SSSR count). The number of methoxy groups -OCH3 is 3. The van der Waals surface area contributed by atoms with E-state index in [4.69, 9.17) is 14.2 Å². The Bertz CT molecular complexity index is 1270. The van der Waals surface area contributed by atoms with Gasteiger partial charge in [0.15, 0.2) is 6.10 Å². The summed E-state index contributed by atoms with van der Waals surface area (Å²) in [5, 5.41) is 17.2. The number of nitrogens with one attached hydrogen (secondary N) is 2. The first-order valence-corrected chi connectivity index (χ1v) is 13.4. The zero-order chi connectivity index (χ0) is 29.0. The molecule has 0 aromatic heterocycles. The number of benzene rings is 2. The Morgan fingerprint density at radius 1 is 1.07 bits per heavy atom. The molecule has 1 saturated carbocycles. The van der Waals surface area contributed by atoms with Crippen molar-refractivity contribution in [2.75, 3.05) is 36.9 Å². The fraction of sp³-hybridized carbons (Fsp3) is 0.483. The number of aliphatic hydroxyl groups excluding tert-OH is 1. The topological polar surface area (TPSA) is 126 Å². The van der Waals surface area contributed by atoms with Crippen LogP contribution in [0.1, 0.15) is 56.3 Å². The predicted molar refractivity (Wildman–Crippen MR) is 147 cm³/mol. The van der Waals surface area contributed by atoms with Crippen molar-refractivity contribution in [1.82, 2.24) is 0 Å². The fourth-order valence-electron chi connectivity index (χ4n) is 5.65. The summed E-state index contributed by atoms with van der Waals surface area (Å²) in [5.41, 5.74) is 2.25. The number of fused-ring (bicyclic) bond motifs is 1. The molecule has 0 radical (unpaired) electrons. The number of carbonyl (C=O) groups excluding carboxylic acids is 3. The van der Waals surface area contributed by atoms with E-state index in [-0.39, 0.29) is 35.3 Å². The largest absolute Gasteiger partial charge is 0.496 e. The highest BCUT2D eigenvalue weighted by Gasteiger charge is 2.34. The smallest absolute Gasteiger partial charge is 0.414 e. The summed E-state index contributed by atoms with van der Waals surface area (Å²) in [7, 11) is 4.06. The van der Waals surface area contributed by atoms with Crippen LogP contribution in [-0.4, -0.2) is 56.5 Å². The lowest BCUT2D eigenvalue weighted by atomic mass is 9.85. The van der Waals surface area contributed by atoms with Crippen molar-refractivity contribution in [2.24, 2.45) is 5.92 Å². The third-order valence-corrected chi connectivity index (χ3v) is 7.72. The van der Waals surface area contributed by atoms with Crippen LogP contribution in [0.25, 0.3) is 0 Å². The number of esters is 1. The number of amides is 2. The third kappa shape index (κ3) is 5.99. The number of nitrogens with zero attached hydrogens (tertiary/aromatic N) is 1. The molecule has 0 spiro atoms. The quantitative estimate of drug-likeness (QED) is 0.423. The number of hydrogen-bond donors (Lipinski definition) is 3. The highest BCUT2D eigenvalue weighted by molar-refractivity contribution is 6.01. The number of rotatable bonds is 7. The molecule has 0 saturated heterocycles. The van der Waals surface area contributed by atoms with Gasteiger partial charge >= 0.3 is 12.1 Å². The van der Waals surface area contributed by atoms with Gasteiger partial charge in [0.2, 0.25) is 0 Å². The average molecular weight is 558 g/mol. The second kappa shape index (κ2) is 12.5. The summed E-state index contributed by atoms with van der Waals surface area (Å²) in [5.74, 6) is -1.73. The molecule has 0 unspecified atom stereocenters. The molecule has 11 heteroatoms. The minimum atomic E-state index is -1.73. The first-order chi connectivity index (χ1) is 19.2. The molecule has 1 aliphatic carbocycles. The SMILES string of the molecule is COC(=O)[C@@H]1CCC[C@@H](Nc2ccc3c(c2NC(=O)[C@H](O)c2cc(F)ccc2OC)CC[C@H](C)N3C(=O)OC)C1. The summed E-state index contributed by atoms with van der Waals surface area (Å²) in [4.78, 5) is 39.8. The Kier molecular flexibility index (Phi) is 9.14. The zero-order valence-electron chi connectivity index (χ0n) is 23.2. The van der Waals surface area contributed by atoms with Crippen LogP contribution in [-0.2, 0) is 25.5 Å². The molecule has 216 valence electrons. The van der Waals surface area contributed by atoms with Crippen molar-refractivity contribution in [2.45, 2.75) is 63.6 Å². The first kappa shape index (κ1) is 29.1. The van der Waals surface area contributed by atoms with Crippen LogP contribution < -0.4 is 20.3 Å². The van der Waals surface area contributed by atoms with Gasteiger partial charge in [0.1, 0.15) is 11.6 Å². The summed E-state index contributed by atoms with van der Waals surface area (Å²) in [6.45, 7) is 1.92. The Morgan fingerprint density at radius 2 is 1.85 bits per heavy atom. The Hall–Kier alpha value is -3.86. The molecule has 4 atom stereocenters. The van der Waals surface area contributed by atoms with Gasteiger partial charge in [-0.1, -0.05) is 6.42 Å². The van der Waals surface area contributed by atoms with Gasteiger partial charge in [-0.3, -0.25) is 14.5 Å². The van der Waals surface area contributed by atoms with Crippen LogP contribution in [0.5, 0.6) is 5.75 Å². The molecule has 2 aliphatic rings. The Labute approximate surface area is 232 Å². The molecule has 2 aromatic carbocycles. The van der Waals surface area contributed by atoms with Gasteiger partial charge in [0, 0.05) is 23.2 Å². The maximum Gasteiger partial charge on any atom is 0.414 e. The van der Waals surface area contributed by atoms with E-state index in [9.17, 15) is 23.9 Å². The van der Waals surface area contributed by atoms with E-state index in [1.165, 1.54) is 38.4 Å². The third-order valence-electron chi connectivity index (χ3n) is 7.72. The van der Waals surface area contributed by atoms with E-state index in [0.717, 1.165) is 25.3 Å². The number of ether oxygens (including phenoxy) is 3. The Balaban J connectivity index is 1.71. The van der Waals surface area contributed by atoms with Crippen LogP contribution in [0.3, 0.4) is 0 Å². The number of hydrogen-bond acceptors (Lipinski definition) is 8. The summed E-state index contributed by atoms with van der Waals surface area (Å²) >= 11 is 0. The average Bonchev–Trinajstić information content (AvgIpc) is 2.96. The van der Waals surface area contributed by atoms with Crippen molar-refractivity contribution in [3.8, 4) is 5.75 Å². The zero-order valence-corrected chi connectivity index (χ0v) is 23.2. The standard InChI is InChI=1S/C29H36FN3O7/c1-16-8-10-20-23(33(16)29(37)40-4)12-11-22(31-19-7-5-6-17(14-19)28(36)39-3)25(20)32-27(35)26(34)21-15-18(30)9-13-24(21)38-2/h9,11-13,15-17,19,26,31,34H,5-8,10,14H2,1-4H3,(H,32,35)/t16-,17+,19+,26+/m0/s1. The highest BCUT2D eigenvalue weighted by atomic mass is 19.1. The number of anilines is 3. The van der Waals surface area contributed by atoms with Gasteiger partial charge in [-0.05, 0) is 69.4 Å². The van der Waals surface area contributed by atoms with E-state index < -0.39 is 23.9 Å². The molecule has 40 heavy (non-hydrogen) atoms. The fourth-order valence-corrected chi connectivity index (χ4v) is 5.65. The van der Waals surface area contributed by atoms with E-state index in [0.29, 0.717) is 41.9 Å². The van der Waals surface area contributed by atoms with Crippen LogP contribution in [0.4, 0.5) is 26.2 Å². The van der Waals surface area contributed by atoms with Crippen molar-refractivity contribution in [3.63, 3.8) is 0 Å². The van der Waals surface area contributed by atoms with Crippen LogP contribution in [0, 0.1) is 11.7 Å². The summed E-state index contributed by atoms with van der Waals surface area (Å²) < 4.78 is 29.2. The van der Waals surface area contributed by atoms with Crippen LogP contribution in [0.2, 0.25) is 0 Å². The lowest BCUT2D eigenvalue weighted by Crippen LogP contribution is -2.42. The predicted octanol–water partition coefficient (Wildman–Crippen LogP) is 4.56. The minimum Gasteiger partial charge on any atom is -0.496 e. The van der Waals surface area contributed by atoms with Gasteiger partial charge in [0.05, 0.1) is 44.3 Å². The van der Waals surface area contributed by atoms with Crippen molar-refractivity contribution >= 4 is 35.0 Å². The number of carbonyl (C=O) groups is 3. The highest BCUT2D eigenvalue weighted by Crippen LogP contribution is 2.42. The molecule has 0 bridgehead atoms. The molecular formula is C29H36FN3O7. The van der Waals surface area contributed by atoms with E-state index in [1.54, 1.807) is 12.1 Å². The second-order valence-corrected chi connectivity index (χ2v) is 10.2. The molecule has 1 aliphatic heterocycles. The van der Waals surface area contributed by atoms with E-state index in [1.807, 2.05) is 6.92 Å². The maximum atomic E-state index is 14.0. The van der Waals surface area contributed by atoms with Gasteiger partial charge in [-0.15, -0.1) is 0 Å². The molecule has 1 heterocycles. The van der Waals surface area contributed by atoms with Crippen molar-refractivity contribution < 1.29 is 38.1 Å². The van der Waals surface area contributed by atoms with Crippen LogP contribution >= 0.6 is 0 Å². The van der Waals surface area contributed by atoms with E-state index >= 15 is 0 Å². The summed E-state index contributed by atoms with van der Waals surface area (Å²) in [6.07, 6.45) is 1.85. The van der Waals surface area contributed by atoms with Crippen molar-refractivity contribution in [3.05, 3.63) is 47.3 Å². The van der Waals surface area contributed by atoms with Gasteiger partial charge in [-0.2, -0.15) is 0 Å². The maximum absolute atomic E-state index is 14.0. The van der Waals surface area contributed by atoms with Crippen molar-refractivity contribution in [1.29, 1.82) is 0 Å². The van der Waals surface area contributed by atoms with Gasteiger partial charge < -0.3 is 30.0 Å². The summed E-state index contributed by atoms with van der Waals surface area (Å²) in [6, 6.07) is 6.93. The molecule has 2 aromatic rings. The number of aliphatic hydroxyl groups is 1. The van der Waals surface area contributed by atoms with E-state index in [2.05, 4.69) is 10.6 Å². The van der Waals surface area contributed by atoms with Crippen LogP contribution in [0.15, 0.2) is 30.3 Å². The molecule has 10 nitrogen and oxygen atoms in total. The lowest BCUT2D eigenvalue weighted by Gasteiger charge is -2.36. The monoisotopic (exact) mass is 557 g/mol. The van der Waals surface area contributed by atoms with Gasteiger partial charge in [-0.25, -0.2) is 9.18 Å². The van der Waals surface area contributed by atoms with Gasteiger partial charge in [0.25, 0.3) is 5.91 Å². The molecule has 2 amide bonds. The first-order valence-electron chi connectivity index (χ1n) is 13.4. The second-order valence-electron chi connectivity index (χ2n) is 10.2. The molecular weight excluding hydrogens is 521 g/mol. The number of halogens is 1. The molecule has 3 N–H and O–H groups in total. The minimum absolute atomic E-state index is 0.0164. The lowest BCUT2D eigenvalue weighted by molar-refractivity contribution is -0.146. The molecule has 1 fully saturated rings. The normalized spacial score (nSPS) is 21.1.